The molecule has 0 unspecified atom stereocenters. The Kier molecular flexibility index (Phi) is 7.10. The summed E-state index contributed by atoms with van der Waals surface area (Å²) in [5, 5.41) is 2.46. The molecule has 0 saturated carbocycles. The van der Waals surface area contributed by atoms with Crippen molar-refractivity contribution in [3.8, 4) is 27.9 Å². The lowest BCUT2D eigenvalue weighted by atomic mass is 9.98. The van der Waals surface area contributed by atoms with Crippen molar-refractivity contribution in [3.63, 3.8) is 0 Å². The highest BCUT2D eigenvalue weighted by Crippen LogP contribution is 2.46. The SMILES string of the molecule is O=C1C2=C(C=CCC2)c2cccc(N(c3ccc(-c4ccccc4)cc3)c3ccc(-c4ccc5c(c4)c4ccccc4n5-c4ccccc4)cc3)c21. The summed E-state index contributed by atoms with van der Waals surface area (Å²) in [6.07, 6.45) is 6.00. The van der Waals surface area contributed by atoms with E-state index in [4.69, 9.17) is 0 Å². The molecule has 0 fully saturated rings. The van der Waals surface area contributed by atoms with Gasteiger partial charge in [-0.05, 0) is 107 Å². The lowest BCUT2D eigenvalue weighted by molar-refractivity contribution is 0.103. The van der Waals surface area contributed by atoms with E-state index in [1.54, 1.807) is 0 Å². The number of aromatic nitrogens is 1. The standard InChI is InChI=1S/C49H34N2O/c52-49-43-18-8-7-16-40(43)42-19-11-21-47(48(42)49)50(38-27-22-34(23-28-38)33-12-3-1-4-13-33)39-29-24-35(25-30-39)36-26-31-46-44(32-36)41-17-9-10-20-45(41)51(46)37-14-5-2-6-15-37/h1-7,9-17,19-32H,8,18H2. The van der Waals surface area contributed by atoms with Crippen LogP contribution in [0.4, 0.5) is 17.1 Å². The second kappa shape index (κ2) is 12.3. The van der Waals surface area contributed by atoms with Crippen molar-refractivity contribution in [3.05, 3.63) is 199 Å². The molecule has 0 saturated heterocycles. The molecule has 10 rings (SSSR count). The molecule has 0 aliphatic heterocycles. The number of hydrogen-bond acceptors (Lipinski definition) is 2. The van der Waals surface area contributed by atoms with Crippen molar-refractivity contribution in [2.75, 3.05) is 4.90 Å². The third kappa shape index (κ3) is 4.85. The van der Waals surface area contributed by atoms with Crippen LogP contribution < -0.4 is 4.90 Å². The molecule has 0 amide bonds. The predicted molar refractivity (Wildman–Crippen MR) is 216 cm³/mol. The van der Waals surface area contributed by atoms with Gasteiger partial charge in [0.05, 0.1) is 22.3 Å². The fourth-order valence-corrected chi connectivity index (χ4v) is 8.16. The zero-order valence-electron chi connectivity index (χ0n) is 28.5. The highest BCUT2D eigenvalue weighted by Gasteiger charge is 2.33. The molecule has 0 radical (unpaired) electrons. The first-order chi connectivity index (χ1) is 25.7. The van der Waals surface area contributed by atoms with Crippen LogP contribution in [0.2, 0.25) is 0 Å². The molecule has 2 aliphatic rings. The number of benzene rings is 7. The van der Waals surface area contributed by atoms with E-state index >= 15 is 0 Å². The van der Waals surface area contributed by atoms with Crippen LogP contribution in [-0.2, 0) is 0 Å². The Balaban J connectivity index is 1.08. The molecule has 1 aromatic heterocycles. The van der Waals surface area contributed by atoms with Crippen molar-refractivity contribution in [1.82, 2.24) is 4.57 Å². The quantitative estimate of drug-likeness (QED) is 0.176. The minimum atomic E-state index is 0.149. The number of fused-ring (bicyclic) bond motifs is 5. The molecule has 3 heteroatoms. The monoisotopic (exact) mass is 666 g/mol. The fourth-order valence-electron chi connectivity index (χ4n) is 8.16. The molecular formula is C49H34N2O. The van der Waals surface area contributed by atoms with Crippen LogP contribution in [-0.4, -0.2) is 10.4 Å². The van der Waals surface area contributed by atoms with E-state index in [-0.39, 0.29) is 5.78 Å². The summed E-state index contributed by atoms with van der Waals surface area (Å²) < 4.78 is 2.35. The molecule has 246 valence electrons. The Labute approximate surface area is 303 Å². The molecular weight excluding hydrogens is 633 g/mol. The first-order valence-electron chi connectivity index (χ1n) is 18.0. The van der Waals surface area contributed by atoms with Crippen LogP contribution >= 0.6 is 0 Å². The summed E-state index contributed by atoms with van der Waals surface area (Å²) in [4.78, 5) is 16.3. The van der Waals surface area contributed by atoms with E-state index in [2.05, 4.69) is 185 Å². The average Bonchev–Trinajstić information content (AvgIpc) is 3.71. The first kappa shape index (κ1) is 30.1. The number of carbonyl (C=O) groups excluding carboxylic acids is 1. The summed E-state index contributed by atoms with van der Waals surface area (Å²) in [5.74, 6) is 0.149. The van der Waals surface area contributed by atoms with Gasteiger partial charge in [0.15, 0.2) is 5.78 Å². The van der Waals surface area contributed by atoms with Gasteiger partial charge in [-0.3, -0.25) is 4.79 Å². The maximum Gasteiger partial charge on any atom is 0.192 e. The van der Waals surface area contributed by atoms with E-state index in [0.717, 1.165) is 74.6 Å². The number of rotatable bonds is 6. The molecule has 2 aliphatic carbocycles. The topological polar surface area (TPSA) is 25.2 Å². The maximum atomic E-state index is 14.1. The molecule has 0 N–H and O–H groups in total. The van der Waals surface area contributed by atoms with Crippen molar-refractivity contribution < 1.29 is 4.79 Å². The van der Waals surface area contributed by atoms with Gasteiger partial charge in [0.2, 0.25) is 0 Å². The average molecular weight is 667 g/mol. The smallest absolute Gasteiger partial charge is 0.192 e. The summed E-state index contributed by atoms with van der Waals surface area (Å²) in [7, 11) is 0. The number of allylic oxidation sites excluding steroid dienone is 4. The highest BCUT2D eigenvalue weighted by atomic mass is 16.1. The zero-order chi connectivity index (χ0) is 34.6. The summed E-state index contributed by atoms with van der Waals surface area (Å²) in [6.45, 7) is 0. The zero-order valence-corrected chi connectivity index (χ0v) is 28.5. The number of Topliss-reactive ketones (excluding diaryl/α,β-unsaturated/α-hetero) is 1. The molecule has 3 nitrogen and oxygen atoms in total. The highest BCUT2D eigenvalue weighted by molar-refractivity contribution is 6.25. The van der Waals surface area contributed by atoms with Crippen LogP contribution in [0.5, 0.6) is 0 Å². The minimum absolute atomic E-state index is 0.149. The summed E-state index contributed by atoms with van der Waals surface area (Å²) >= 11 is 0. The Morgan fingerprint density at radius 1 is 0.519 bits per heavy atom. The van der Waals surface area contributed by atoms with Crippen molar-refractivity contribution >= 4 is 50.2 Å². The number of para-hydroxylation sites is 2. The third-order valence-electron chi connectivity index (χ3n) is 10.6. The molecule has 0 atom stereocenters. The second-order valence-electron chi connectivity index (χ2n) is 13.6. The van der Waals surface area contributed by atoms with Crippen LogP contribution in [0.1, 0.15) is 28.8 Å². The summed E-state index contributed by atoms with van der Waals surface area (Å²) in [5.41, 5.74) is 14.9. The Bertz CT molecular complexity index is 2720. The van der Waals surface area contributed by atoms with Crippen LogP contribution in [0.15, 0.2) is 188 Å². The van der Waals surface area contributed by atoms with E-state index in [1.165, 1.54) is 27.4 Å². The fraction of sp³-hybridized carbons (Fsp3) is 0.0408. The van der Waals surface area contributed by atoms with Crippen molar-refractivity contribution in [2.24, 2.45) is 0 Å². The van der Waals surface area contributed by atoms with Gasteiger partial charge in [-0.2, -0.15) is 0 Å². The normalized spacial score (nSPS) is 13.5. The molecule has 52 heavy (non-hydrogen) atoms. The van der Waals surface area contributed by atoms with Crippen LogP contribution in [0.3, 0.4) is 0 Å². The number of nitrogens with zero attached hydrogens (tertiary/aromatic N) is 2. The predicted octanol–water partition coefficient (Wildman–Crippen LogP) is 12.9. The third-order valence-corrected chi connectivity index (χ3v) is 10.6. The van der Waals surface area contributed by atoms with E-state index < -0.39 is 0 Å². The van der Waals surface area contributed by atoms with E-state index in [9.17, 15) is 4.79 Å². The molecule has 8 aromatic rings. The van der Waals surface area contributed by atoms with E-state index in [1.807, 2.05) is 6.07 Å². The van der Waals surface area contributed by atoms with Gasteiger partial charge in [0.25, 0.3) is 0 Å². The lowest BCUT2D eigenvalue weighted by Crippen LogP contribution is -2.14. The van der Waals surface area contributed by atoms with Gasteiger partial charge in [-0.25, -0.2) is 0 Å². The molecule has 7 aromatic carbocycles. The maximum absolute atomic E-state index is 14.1. The van der Waals surface area contributed by atoms with Crippen molar-refractivity contribution in [2.45, 2.75) is 12.8 Å². The van der Waals surface area contributed by atoms with Gasteiger partial charge in [-0.1, -0.05) is 121 Å². The van der Waals surface area contributed by atoms with Gasteiger partial charge >= 0.3 is 0 Å². The minimum Gasteiger partial charge on any atom is -0.310 e. The molecule has 0 spiro atoms. The Hall–Kier alpha value is -6.71. The van der Waals surface area contributed by atoms with Gasteiger partial charge < -0.3 is 9.47 Å². The number of anilines is 3. The van der Waals surface area contributed by atoms with Crippen LogP contribution in [0, 0.1) is 0 Å². The number of ketones is 1. The lowest BCUT2D eigenvalue weighted by Gasteiger charge is -2.28. The summed E-state index contributed by atoms with van der Waals surface area (Å²) in [6, 6.07) is 60.2. The van der Waals surface area contributed by atoms with Crippen LogP contribution in [0.25, 0.3) is 55.3 Å². The Morgan fingerprint density at radius 2 is 1.13 bits per heavy atom. The number of carbonyl (C=O) groups is 1. The van der Waals surface area contributed by atoms with Gasteiger partial charge in [0, 0.05) is 33.4 Å². The Morgan fingerprint density at radius 3 is 1.88 bits per heavy atom. The number of hydrogen-bond donors (Lipinski definition) is 0. The second-order valence-corrected chi connectivity index (χ2v) is 13.6. The largest absolute Gasteiger partial charge is 0.310 e. The van der Waals surface area contributed by atoms with E-state index in [0.29, 0.717) is 0 Å². The van der Waals surface area contributed by atoms with Gasteiger partial charge in [0.1, 0.15) is 0 Å². The van der Waals surface area contributed by atoms with Crippen molar-refractivity contribution in [1.29, 1.82) is 0 Å². The van der Waals surface area contributed by atoms with Gasteiger partial charge in [-0.15, -0.1) is 0 Å². The molecule has 0 bridgehead atoms. The first-order valence-corrected chi connectivity index (χ1v) is 18.0. The molecule has 1 heterocycles.